The van der Waals surface area contributed by atoms with E-state index in [9.17, 15) is 9.90 Å². The molecule has 0 saturated heterocycles. The van der Waals surface area contributed by atoms with Crippen molar-refractivity contribution in [1.29, 1.82) is 0 Å². The minimum absolute atomic E-state index is 0.000930. The van der Waals surface area contributed by atoms with Crippen molar-refractivity contribution >= 4 is 5.97 Å². The molecular weight excluding hydrogens is 346 g/mol. The third-order valence-corrected chi connectivity index (χ3v) is 5.79. The van der Waals surface area contributed by atoms with E-state index in [0.29, 0.717) is 29.5 Å². The Hall–Kier alpha value is -2.34. The van der Waals surface area contributed by atoms with Crippen molar-refractivity contribution in [2.75, 3.05) is 6.61 Å². The van der Waals surface area contributed by atoms with Crippen molar-refractivity contribution < 1.29 is 23.9 Å². The molecule has 6 heteroatoms. The largest absolute Gasteiger partial charge is 0.490 e. The highest BCUT2D eigenvalue weighted by atomic mass is 16.5. The van der Waals surface area contributed by atoms with Crippen molar-refractivity contribution in [2.24, 2.45) is 17.8 Å². The van der Waals surface area contributed by atoms with E-state index in [1.165, 1.54) is 0 Å². The van der Waals surface area contributed by atoms with Gasteiger partial charge >= 0.3 is 5.97 Å². The second-order valence-corrected chi connectivity index (χ2v) is 7.36. The molecule has 4 atom stereocenters. The van der Waals surface area contributed by atoms with Gasteiger partial charge in [0, 0.05) is 17.0 Å². The van der Waals surface area contributed by atoms with Gasteiger partial charge in [-0.2, -0.15) is 0 Å². The molecule has 4 unspecified atom stereocenters. The maximum absolute atomic E-state index is 12.1. The van der Waals surface area contributed by atoms with Gasteiger partial charge < -0.3 is 19.1 Å². The summed E-state index contributed by atoms with van der Waals surface area (Å²) >= 11 is 0. The molecule has 0 radical (unpaired) electrons. The molecule has 1 aromatic carbocycles. The summed E-state index contributed by atoms with van der Waals surface area (Å²) < 4.78 is 16.8. The molecule has 2 aliphatic carbocycles. The summed E-state index contributed by atoms with van der Waals surface area (Å²) in [6, 6.07) is 7.62. The fourth-order valence-electron chi connectivity index (χ4n) is 4.40. The van der Waals surface area contributed by atoms with Gasteiger partial charge in [0.15, 0.2) is 5.76 Å². The maximum Gasteiger partial charge on any atom is 0.309 e. The molecular formula is C21H25NO5. The van der Waals surface area contributed by atoms with Crippen LogP contribution in [0.2, 0.25) is 0 Å². The van der Waals surface area contributed by atoms with Crippen LogP contribution in [-0.4, -0.2) is 28.9 Å². The predicted octanol–water partition coefficient (Wildman–Crippen LogP) is 3.50. The Balaban J connectivity index is 1.45. The number of carbonyl (C=O) groups excluding carboxylic acids is 1. The highest BCUT2D eigenvalue weighted by molar-refractivity contribution is 5.76. The molecule has 1 heterocycles. The number of hydrogen-bond acceptors (Lipinski definition) is 6. The first-order chi connectivity index (χ1) is 13.1. The van der Waals surface area contributed by atoms with E-state index in [0.717, 1.165) is 30.6 Å². The summed E-state index contributed by atoms with van der Waals surface area (Å²) in [6.07, 6.45) is 3.19. The third kappa shape index (κ3) is 3.34. The fourth-order valence-corrected chi connectivity index (χ4v) is 4.40. The summed E-state index contributed by atoms with van der Waals surface area (Å²) in [6.45, 7) is 3.98. The van der Waals surface area contributed by atoms with Crippen molar-refractivity contribution in [3.05, 3.63) is 35.5 Å². The second-order valence-electron chi connectivity index (χ2n) is 7.36. The van der Waals surface area contributed by atoms with Gasteiger partial charge in [-0.3, -0.25) is 4.79 Å². The number of aliphatic hydroxyl groups excluding tert-OH is 1. The molecule has 1 aromatic heterocycles. The van der Waals surface area contributed by atoms with Gasteiger partial charge in [-0.05, 0) is 63.3 Å². The van der Waals surface area contributed by atoms with Crippen LogP contribution in [0.25, 0.3) is 11.3 Å². The summed E-state index contributed by atoms with van der Waals surface area (Å²) in [4.78, 5) is 12.1. The van der Waals surface area contributed by atoms with Crippen LogP contribution in [0.5, 0.6) is 5.75 Å². The van der Waals surface area contributed by atoms with Crippen LogP contribution >= 0.6 is 0 Å². The van der Waals surface area contributed by atoms with Gasteiger partial charge in [-0.15, -0.1) is 0 Å². The highest BCUT2D eigenvalue weighted by Gasteiger charge is 2.61. The Kier molecular flexibility index (Phi) is 4.91. The molecule has 2 fully saturated rings. The molecule has 4 rings (SSSR count). The number of rotatable bonds is 6. The van der Waals surface area contributed by atoms with Crippen molar-refractivity contribution in [2.45, 2.75) is 45.8 Å². The fraction of sp³-hybridized carbons (Fsp3) is 0.524. The lowest BCUT2D eigenvalue weighted by molar-refractivity contribution is -0.145. The number of aliphatic hydroxyl groups is 1. The molecule has 27 heavy (non-hydrogen) atoms. The quantitative estimate of drug-likeness (QED) is 0.783. The van der Waals surface area contributed by atoms with Crippen molar-refractivity contribution in [3.63, 3.8) is 0 Å². The lowest BCUT2D eigenvalue weighted by Gasteiger charge is -2.22. The lowest BCUT2D eigenvalue weighted by Crippen LogP contribution is -2.24. The minimum Gasteiger partial charge on any atom is -0.490 e. The lowest BCUT2D eigenvalue weighted by atomic mass is 9.98. The first kappa shape index (κ1) is 18.0. The monoisotopic (exact) mass is 371 g/mol. The second kappa shape index (κ2) is 7.35. The minimum atomic E-state index is -0.108. The molecule has 0 aliphatic heterocycles. The Morgan fingerprint density at radius 2 is 2.07 bits per heavy atom. The van der Waals surface area contributed by atoms with E-state index in [1.54, 1.807) is 0 Å². The smallest absolute Gasteiger partial charge is 0.309 e. The van der Waals surface area contributed by atoms with Gasteiger partial charge in [0.2, 0.25) is 0 Å². The third-order valence-electron chi connectivity index (χ3n) is 5.79. The number of aryl methyl sites for hydroxylation is 1. The van der Waals surface area contributed by atoms with Crippen LogP contribution in [0.15, 0.2) is 28.8 Å². The summed E-state index contributed by atoms with van der Waals surface area (Å²) in [7, 11) is 0. The van der Waals surface area contributed by atoms with Crippen LogP contribution in [-0.2, 0) is 16.1 Å². The topological polar surface area (TPSA) is 81.8 Å². The number of carbonyl (C=O) groups is 1. The van der Waals surface area contributed by atoms with Crippen LogP contribution in [0, 0.1) is 24.7 Å². The van der Waals surface area contributed by atoms with Crippen LogP contribution in [0.1, 0.15) is 37.4 Å². The molecule has 6 nitrogen and oxygen atoms in total. The number of hydrogen-bond donors (Lipinski definition) is 1. The number of esters is 1. The standard InChI is InChI=1S/C21H25NO5/c1-3-25-21(24)19-15-5-4-6-17(18(15)19)26-14-9-7-13(8-10-14)20-16(11-23)12(2)22-27-20/h7-10,15,17-19,23H,3-6,11H2,1-2H3. The van der Waals surface area contributed by atoms with E-state index in [2.05, 4.69) is 5.16 Å². The van der Waals surface area contributed by atoms with Gasteiger partial charge in [0.25, 0.3) is 0 Å². The van der Waals surface area contributed by atoms with Gasteiger partial charge in [-0.1, -0.05) is 5.16 Å². The predicted molar refractivity (Wildman–Crippen MR) is 98.0 cm³/mol. The zero-order valence-corrected chi connectivity index (χ0v) is 15.7. The Labute approximate surface area is 158 Å². The van der Waals surface area contributed by atoms with E-state index in [4.69, 9.17) is 14.0 Å². The molecule has 2 saturated carbocycles. The molecule has 0 bridgehead atoms. The first-order valence-corrected chi connectivity index (χ1v) is 9.63. The maximum atomic E-state index is 12.1. The van der Waals surface area contributed by atoms with Crippen LogP contribution < -0.4 is 4.74 Å². The number of ether oxygens (including phenoxy) is 2. The normalized spacial score (nSPS) is 26.3. The summed E-state index contributed by atoms with van der Waals surface area (Å²) in [5.41, 5.74) is 2.25. The van der Waals surface area contributed by atoms with E-state index in [1.807, 2.05) is 38.1 Å². The van der Waals surface area contributed by atoms with Gasteiger partial charge in [-0.25, -0.2) is 0 Å². The SMILES string of the molecule is CCOC(=O)C1C2CCCC(Oc3ccc(-c4onc(C)c4CO)cc3)C21. The number of nitrogens with zero attached hydrogens (tertiary/aromatic N) is 1. The van der Waals surface area contributed by atoms with Gasteiger partial charge in [0.05, 0.1) is 24.8 Å². The van der Waals surface area contributed by atoms with Crippen LogP contribution in [0.3, 0.4) is 0 Å². The number of fused-ring (bicyclic) bond motifs is 1. The summed E-state index contributed by atoms with van der Waals surface area (Å²) in [5.74, 6) is 1.97. The first-order valence-electron chi connectivity index (χ1n) is 9.63. The van der Waals surface area contributed by atoms with E-state index in [-0.39, 0.29) is 30.5 Å². The Morgan fingerprint density at radius 3 is 2.78 bits per heavy atom. The Bertz CT molecular complexity index is 812. The number of benzene rings is 1. The zero-order chi connectivity index (χ0) is 19.0. The summed E-state index contributed by atoms with van der Waals surface area (Å²) in [5, 5.41) is 13.4. The highest BCUT2D eigenvalue weighted by Crippen LogP contribution is 2.56. The van der Waals surface area contributed by atoms with Crippen molar-refractivity contribution in [1.82, 2.24) is 5.16 Å². The molecule has 2 aliphatic rings. The molecule has 0 spiro atoms. The average molecular weight is 371 g/mol. The molecule has 0 amide bonds. The molecule has 144 valence electrons. The Morgan fingerprint density at radius 1 is 1.30 bits per heavy atom. The average Bonchev–Trinajstić information content (AvgIpc) is 3.31. The number of aromatic nitrogens is 1. The van der Waals surface area contributed by atoms with E-state index >= 15 is 0 Å². The molecule has 2 aromatic rings. The van der Waals surface area contributed by atoms with Crippen molar-refractivity contribution in [3.8, 4) is 17.1 Å². The zero-order valence-electron chi connectivity index (χ0n) is 15.7. The van der Waals surface area contributed by atoms with E-state index < -0.39 is 0 Å². The van der Waals surface area contributed by atoms with Crippen LogP contribution in [0.4, 0.5) is 0 Å². The van der Waals surface area contributed by atoms with Gasteiger partial charge in [0.1, 0.15) is 11.9 Å². The molecule has 1 N–H and O–H groups in total.